The monoisotopic (exact) mass is 303 g/mol. The van der Waals surface area contributed by atoms with Crippen molar-refractivity contribution >= 4 is 21.6 Å². The molecule has 0 spiro atoms. The molecule has 19 heavy (non-hydrogen) atoms. The Kier molecular flexibility index (Phi) is 4.45. The van der Waals surface area contributed by atoms with Crippen molar-refractivity contribution in [3.8, 4) is 0 Å². The lowest BCUT2D eigenvalue weighted by molar-refractivity contribution is 0.0790. The van der Waals surface area contributed by atoms with Crippen LogP contribution in [0.5, 0.6) is 0 Å². The quantitative estimate of drug-likeness (QED) is 0.930. The Bertz CT molecular complexity index is 540. The maximum atomic E-state index is 12.3. The maximum Gasteiger partial charge on any atom is 0.256 e. The lowest BCUT2D eigenvalue weighted by Crippen LogP contribution is -2.53. The minimum absolute atomic E-state index is 0.0154. The molecular weight excluding hydrogens is 286 g/mol. The van der Waals surface area contributed by atoms with Crippen LogP contribution in [0.4, 0.5) is 0 Å². The van der Waals surface area contributed by atoms with Crippen molar-refractivity contribution in [2.45, 2.75) is 50.1 Å². The standard InChI is InChI=1S/C12H18ClN3O2S/c1-9-4-3-5-10(2)16(9)15-19(17,18)12-8-14-7-6-11(12)13/h6-10,15H,3-5H2,1-2H3. The van der Waals surface area contributed by atoms with E-state index in [1.54, 1.807) is 5.01 Å². The van der Waals surface area contributed by atoms with Crippen LogP contribution in [0.3, 0.4) is 0 Å². The summed E-state index contributed by atoms with van der Waals surface area (Å²) in [7, 11) is -3.67. The van der Waals surface area contributed by atoms with Crippen LogP contribution in [0.1, 0.15) is 33.1 Å². The Morgan fingerprint density at radius 2 is 2.00 bits per heavy atom. The largest absolute Gasteiger partial charge is 0.263 e. The van der Waals surface area contributed by atoms with Crippen LogP contribution in [0.15, 0.2) is 23.4 Å². The highest BCUT2D eigenvalue weighted by Crippen LogP contribution is 2.24. The summed E-state index contributed by atoms with van der Waals surface area (Å²) in [6.07, 6.45) is 5.81. The van der Waals surface area contributed by atoms with E-state index in [0.29, 0.717) is 0 Å². The number of rotatable bonds is 3. The molecule has 0 saturated carbocycles. The van der Waals surface area contributed by atoms with Crippen LogP contribution in [0.2, 0.25) is 5.02 Å². The van der Waals surface area contributed by atoms with Gasteiger partial charge in [-0.1, -0.05) is 18.0 Å². The second kappa shape index (κ2) is 5.75. The van der Waals surface area contributed by atoms with Gasteiger partial charge in [0.2, 0.25) is 0 Å². The third-order valence-corrected chi connectivity index (χ3v) is 5.24. The summed E-state index contributed by atoms with van der Waals surface area (Å²) in [6, 6.07) is 1.82. The molecule has 1 aromatic heterocycles. The van der Waals surface area contributed by atoms with E-state index < -0.39 is 10.0 Å². The van der Waals surface area contributed by atoms with Crippen LogP contribution in [-0.4, -0.2) is 30.5 Å². The molecule has 1 fully saturated rings. The molecule has 1 aromatic rings. The lowest BCUT2D eigenvalue weighted by Gasteiger charge is -2.38. The second-order valence-electron chi connectivity index (χ2n) is 4.94. The van der Waals surface area contributed by atoms with Crippen LogP contribution < -0.4 is 4.83 Å². The van der Waals surface area contributed by atoms with Gasteiger partial charge in [0, 0.05) is 24.5 Å². The fraction of sp³-hybridized carbons (Fsp3) is 0.583. The van der Waals surface area contributed by atoms with E-state index in [4.69, 9.17) is 11.6 Å². The molecule has 5 nitrogen and oxygen atoms in total. The number of nitrogens with zero attached hydrogens (tertiary/aromatic N) is 2. The zero-order chi connectivity index (χ0) is 14.0. The summed E-state index contributed by atoms with van der Waals surface area (Å²) < 4.78 is 24.7. The molecule has 1 saturated heterocycles. The number of pyridine rings is 1. The molecule has 2 rings (SSSR count). The lowest BCUT2D eigenvalue weighted by atomic mass is 10.0. The molecule has 0 radical (unpaired) electrons. The number of halogens is 1. The Balaban J connectivity index is 2.24. The molecule has 106 valence electrons. The summed E-state index contributed by atoms with van der Waals surface area (Å²) >= 11 is 5.92. The van der Waals surface area contributed by atoms with Gasteiger partial charge in [0.1, 0.15) is 4.90 Å². The van der Waals surface area contributed by atoms with Crippen molar-refractivity contribution in [2.24, 2.45) is 0 Å². The van der Waals surface area contributed by atoms with E-state index >= 15 is 0 Å². The molecule has 0 aromatic carbocycles. The topological polar surface area (TPSA) is 62.3 Å². The van der Waals surface area contributed by atoms with Gasteiger partial charge in [-0.05, 0) is 32.8 Å². The van der Waals surface area contributed by atoms with Gasteiger partial charge in [0.05, 0.1) is 5.02 Å². The first kappa shape index (κ1) is 14.7. The van der Waals surface area contributed by atoms with E-state index in [-0.39, 0.29) is 22.0 Å². The zero-order valence-electron chi connectivity index (χ0n) is 11.0. The van der Waals surface area contributed by atoms with Gasteiger partial charge in [0.15, 0.2) is 0 Å². The van der Waals surface area contributed by atoms with Crippen LogP contribution in [-0.2, 0) is 10.0 Å². The van der Waals surface area contributed by atoms with Crippen molar-refractivity contribution in [2.75, 3.05) is 0 Å². The summed E-state index contributed by atoms with van der Waals surface area (Å²) in [5.41, 5.74) is 0. The predicted molar refractivity (Wildman–Crippen MR) is 74.2 cm³/mol. The summed E-state index contributed by atoms with van der Waals surface area (Å²) in [5.74, 6) is 0. The number of sulfonamides is 1. The third-order valence-electron chi connectivity index (χ3n) is 3.44. The number of aromatic nitrogens is 1. The van der Waals surface area contributed by atoms with Gasteiger partial charge >= 0.3 is 0 Å². The molecule has 2 unspecified atom stereocenters. The number of nitrogens with one attached hydrogen (secondary N) is 1. The number of hydrogen-bond acceptors (Lipinski definition) is 4. The molecule has 0 aliphatic carbocycles. The molecule has 0 amide bonds. The average molecular weight is 304 g/mol. The van der Waals surface area contributed by atoms with Gasteiger partial charge in [-0.25, -0.2) is 13.4 Å². The number of hydrogen-bond donors (Lipinski definition) is 1. The van der Waals surface area contributed by atoms with E-state index in [1.165, 1.54) is 18.5 Å². The van der Waals surface area contributed by atoms with Crippen molar-refractivity contribution in [3.63, 3.8) is 0 Å². The highest BCUT2D eigenvalue weighted by atomic mass is 35.5. The van der Waals surface area contributed by atoms with Crippen molar-refractivity contribution < 1.29 is 8.42 Å². The smallest absolute Gasteiger partial charge is 0.256 e. The minimum Gasteiger partial charge on any atom is -0.263 e. The normalized spacial score (nSPS) is 25.4. The molecule has 1 aliphatic heterocycles. The molecule has 2 heterocycles. The molecule has 7 heteroatoms. The molecular formula is C12H18ClN3O2S. The molecule has 1 N–H and O–H groups in total. The SMILES string of the molecule is CC1CCCC(C)N1NS(=O)(=O)c1cnccc1Cl. The summed E-state index contributed by atoms with van der Waals surface area (Å²) in [4.78, 5) is 6.47. The van der Waals surface area contributed by atoms with Gasteiger partial charge in [-0.15, -0.1) is 4.83 Å². The maximum absolute atomic E-state index is 12.3. The Morgan fingerprint density at radius 1 is 1.37 bits per heavy atom. The fourth-order valence-corrected chi connectivity index (χ4v) is 4.02. The highest BCUT2D eigenvalue weighted by Gasteiger charge is 2.30. The Hall–Kier alpha value is -0.690. The summed E-state index contributed by atoms with van der Waals surface area (Å²) in [5, 5.41) is 1.97. The van der Waals surface area contributed by atoms with Gasteiger partial charge in [-0.3, -0.25) is 4.98 Å². The van der Waals surface area contributed by atoms with E-state index in [2.05, 4.69) is 9.82 Å². The Labute approximate surface area is 119 Å². The number of piperidine rings is 1. The Morgan fingerprint density at radius 3 is 2.58 bits per heavy atom. The van der Waals surface area contributed by atoms with Gasteiger partial charge < -0.3 is 0 Å². The van der Waals surface area contributed by atoms with E-state index in [9.17, 15) is 8.42 Å². The van der Waals surface area contributed by atoms with Crippen molar-refractivity contribution in [1.29, 1.82) is 0 Å². The van der Waals surface area contributed by atoms with Gasteiger partial charge in [-0.2, -0.15) is 0 Å². The van der Waals surface area contributed by atoms with E-state index in [1.807, 2.05) is 13.8 Å². The van der Waals surface area contributed by atoms with Gasteiger partial charge in [0.25, 0.3) is 10.0 Å². The average Bonchev–Trinajstić information content (AvgIpc) is 2.34. The van der Waals surface area contributed by atoms with Crippen LogP contribution in [0.25, 0.3) is 0 Å². The molecule has 0 bridgehead atoms. The van der Waals surface area contributed by atoms with E-state index in [0.717, 1.165) is 19.3 Å². The number of hydrazine groups is 1. The van der Waals surface area contributed by atoms with Crippen molar-refractivity contribution in [3.05, 3.63) is 23.5 Å². The molecule has 2 atom stereocenters. The first-order valence-corrected chi connectivity index (χ1v) is 8.18. The van der Waals surface area contributed by atoms with Crippen molar-refractivity contribution in [1.82, 2.24) is 14.8 Å². The van der Waals surface area contributed by atoms with Crippen LogP contribution >= 0.6 is 11.6 Å². The highest BCUT2D eigenvalue weighted by molar-refractivity contribution is 7.89. The van der Waals surface area contributed by atoms with Crippen LogP contribution in [0, 0.1) is 0 Å². The first-order valence-electron chi connectivity index (χ1n) is 6.32. The second-order valence-corrected chi connectivity index (χ2v) is 6.97. The zero-order valence-corrected chi connectivity index (χ0v) is 12.6. The third kappa shape index (κ3) is 3.25. The first-order chi connectivity index (χ1) is 8.92. The molecule has 1 aliphatic rings. The summed E-state index contributed by atoms with van der Waals surface area (Å²) in [6.45, 7) is 4.03. The fourth-order valence-electron chi connectivity index (χ4n) is 2.35. The minimum atomic E-state index is -3.67. The predicted octanol–water partition coefficient (Wildman–Crippen LogP) is 2.19.